The molecule has 6 rings (SSSR count). The fourth-order valence-electron chi connectivity index (χ4n) is 5.94. The molecule has 6 heteroatoms. The van der Waals surface area contributed by atoms with Gasteiger partial charge in [-0.15, -0.1) is 0 Å². The number of nitro groups is 1. The van der Waals surface area contributed by atoms with Gasteiger partial charge in [0.2, 0.25) is 0 Å². The minimum atomic E-state index is -0.297. The van der Waals surface area contributed by atoms with Gasteiger partial charge in [0.25, 0.3) is 5.69 Å². The van der Waals surface area contributed by atoms with Crippen LogP contribution in [0.2, 0.25) is 0 Å². The first kappa shape index (κ1) is 24.2. The minimum absolute atomic E-state index is 0.0907. The van der Waals surface area contributed by atoms with E-state index in [1.165, 1.54) is 11.1 Å². The van der Waals surface area contributed by atoms with Crippen molar-refractivity contribution in [3.63, 3.8) is 0 Å². The van der Waals surface area contributed by atoms with Gasteiger partial charge in [0, 0.05) is 44.0 Å². The quantitative estimate of drug-likeness (QED) is 0.244. The van der Waals surface area contributed by atoms with E-state index in [0.29, 0.717) is 11.7 Å². The van der Waals surface area contributed by atoms with E-state index in [1.807, 2.05) is 48.5 Å². The van der Waals surface area contributed by atoms with Gasteiger partial charge in [-0.25, -0.2) is 0 Å². The Balaban J connectivity index is 1.21. The highest BCUT2D eigenvalue weighted by molar-refractivity contribution is 5.70. The molecular weight excluding hydrogens is 472 g/mol. The molecule has 2 aliphatic rings. The molecule has 1 saturated heterocycles. The molecule has 0 saturated carbocycles. The standard InChI is InChI=1S/C32H32N4O2/c37-36(38)31-16-15-28(34-17-19-35(20-18-34)29-21-26-13-7-8-14-27(26)22-29)23-30(31)33-32(24-9-3-1-4-10-24)25-11-5-2-6-12-25/h1-16,23,29,32-33H,17-22H2. The molecule has 0 aromatic heterocycles. The van der Waals surface area contributed by atoms with Crippen LogP contribution in [0.25, 0.3) is 0 Å². The summed E-state index contributed by atoms with van der Waals surface area (Å²) in [5.41, 5.74) is 6.74. The Morgan fingerprint density at radius 2 is 1.29 bits per heavy atom. The number of anilines is 2. The maximum absolute atomic E-state index is 12.0. The van der Waals surface area contributed by atoms with E-state index in [-0.39, 0.29) is 16.7 Å². The number of piperazine rings is 1. The van der Waals surface area contributed by atoms with Crippen LogP contribution in [0.1, 0.15) is 28.3 Å². The summed E-state index contributed by atoms with van der Waals surface area (Å²) in [5, 5.41) is 15.5. The molecule has 4 aromatic carbocycles. The average Bonchev–Trinajstić information content (AvgIpc) is 3.41. The summed E-state index contributed by atoms with van der Waals surface area (Å²) in [4.78, 5) is 16.7. The third-order valence-electron chi connectivity index (χ3n) is 7.97. The van der Waals surface area contributed by atoms with Gasteiger partial charge in [0.1, 0.15) is 5.69 Å². The van der Waals surface area contributed by atoms with E-state index in [1.54, 1.807) is 6.07 Å². The number of benzene rings is 4. The fraction of sp³-hybridized carbons (Fsp3) is 0.250. The van der Waals surface area contributed by atoms with Crippen molar-refractivity contribution in [3.05, 3.63) is 135 Å². The molecule has 1 aliphatic carbocycles. The predicted molar refractivity (Wildman–Crippen MR) is 153 cm³/mol. The first-order valence-corrected chi connectivity index (χ1v) is 13.4. The number of hydrogen-bond acceptors (Lipinski definition) is 5. The Morgan fingerprint density at radius 1 is 0.737 bits per heavy atom. The maximum atomic E-state index is 12.0. The molecule has 192 valence electrons. The van der Waals surface area contributed by atoms with Gasteiger partial charge in [0.05, 0.1) is 11.0 Å². The van der Waals surface area contributed by atoms with Gasteiger partial charge >= 0.3 is 0 Å². The minimum Gasteiger partial charge on any atom is -0.369 e. The molecule has 1 aliphatic heterocycles. The number of nitro benzene ring substituents is 1. The first-order valence-electron chi connectivity index (χ1n) is 13.4. The molecule has 1 heterocycles. The number of nitrogens with one attached hydrogen (secondary N) is 1. The monoisotopic (exact) mass is 504 g/mol. The highest BCUT2D eigenvalue weighted by atomic mass is 16.6. The highest BCUT2D eigenvalue weighted by Gasteiger charge is 2.30. The van der Waals surface area contributed by atoms with Crippen LogP contribution in [-0.2, 0) is 12.8 Å². The molecule has 1 fully saturated rings. The van der Waals surface area contributed by atoms with E-state index < -0.39 is 0 Å². The molecule has 6 nitrogen and oxygen atoms in total. The van der Waals surface area contributed by atoms with Crippen molar-refractivity contribution in [2.24, 2.45) is 0 Å². The van der Waals surface area contributed by atoms with Crippen molar-refractivity contribution in [2.45, 2.75) is 24.9 Å². The zero-order chi connectivity index (χ0) is 25.9. The lowest BCUT2D eigenvalue weighted by Crippen LogP contribution is -2.50. The van der Waals surface area contributed by atoms with Crippen LogP contribution in [0.3, 0.4) is 0 Å². The van der Waals surface area contributed by atoms with Crippen LogP contribution < -0.4 is 10.2 Å². The maximum Gasteiger partial charge on any atom is 0.292 e. The Labute approximate surface area is 223 Å². The van der Waals surface area contributed by atoms with Crippen molar-refractivity contribution < 1.29 is 4.92 Å². The fourth-order valence-corrected chi connectivity index (χ4v) is 5.94. The third kappa shape index (κ3) is 5.00. The van der Waals surface area contributed by atoms with Crippen molar-refractivity contribution in [3.8, 4) is 0 Å². The molecule has 0 atom stereocenters. The van der Waals surface area contributed by atoms with Crippen LogP contribution in [-0.4, -0.2) is 42.0 Å². The van der Waals surface area contributed by atoms with Crippen molar-refractivity contribution >= 4 is 17.1 Å². The highest BCUT2D eigenvalue weighted by Crippen LogP contribution is 2.35. The molecule has 0 unspecified atom stereocenters. The normalized spacial score (nSPS) is 16.0. The summed E-state index contributed by atoms with van der Waals surface area (Å²) < 4.78 is 0. The lowest BCUT2D eigenvalue weighted by Gasteiger charge is -2.39. The summed E-state index contributed by atoms with van der Waals surface area (Å²) in [6.45, 7) is 3.81. The molecule has 0 spiro atoms. The van der Waals surface area contributed by atoms with Gasteiger partial charge in [0.15, 0.2) is 0 Å². The topological polar surface area (TPSA) is 61.7 Å². The first-order chi connectivity index (χ1) is 18.7. The number of fused-ring (bicyclic) bond motifs is 1. The molecule has 38 heavy (non-hydrogen) atoms. The van der Waals surface area contributed by atoms with Crippen LogP contribution >= 0.6 is 0 Å². The SMILES string of the molecule is O=[N+]([O-])c1ccc(N2CCN(C3Cc4ccccc4C3)CC2)cc1NC(c1ccccc1)c1ccccc1. The Bertz CT molecular complexity index is 1340. The van der Waals surface area contributed by atoms with Gasteiger partial charge in [-0.3, -0.25) is 15.0 Å². The lowest BCUT2D eigenvalue weighted by molar-refractivity contribution is -0.384. The Morgan fingerprint density at radius 3 is 1.84 bits per heavy atom. The van der Waals surface area contributed by atoms with Crippen molar-refractivity contribution in [1.82, 2.24) is 4.90 Å². The van der Waals surface area contributed by atoms with E-state index in [4.69, 9.17) is 0 Å². The molecule has 0 amide bonds. The van der Waals surface area contributed by atoms with Crippen LogP contribution in [0, 0.1) is 10.1 Å². The summed E-state index contributed by atoms with van der Waals surface area (Å²) in [7, 11) is 0. The van der Waals surface area contributed by atoms with Gasteiger partial charge in [-0.2, -0.15) is 0 Å². The average molecular weight is 505 g/mol. The van der Waals surface area contributed by atoms with E-state index in [2.05, 4.69) is 63.6 Å². The smallest absolute Gasteiger partial charge is 0.292 e. The molecular formula is C32H32N4O2. The van der Waals surface area contributed by atoms with Crippen molar-refractivity contribution in [1.29, 1.82) is 0 Å². The van der Waals surface area contributed by atoms with E-state index in [0.717, 1.165) is 55.8 Å². The number of rotatable bonds is 7. The predicted octanol–water partition coefficient (Wildman–Crippen LogP) is 6.09. The lowest BCUT2D eigenvalue weighted by atomic mass is 9.98. The summed E-state index contributed by atoms with van der Waals surface area (Å²) in [6.07, 6.45) is 2.25. The second-order valence-electron chi connectivity index (χ2n) is 10.2. The van der Waals surface area contributed by atoms with Gasteiger partial charge in [-0.1, -0.05) is 84.9 Å². The zero-order valence-corrected chi connectivity index (χ0v) is 21.4. The second kappa shape index (κ2) is 10.7. The van der Waals surface area contributed by atoms with Crippen LogP contribution in [0.15, 0.2) is 103 Å². The van der Waals surface area contributed by atoms with Gasteiger partial charge < -0.3 is 10.2 Å². The van der Waals surface area contributed by atoms with Gasteiger partial charge in [-0.05, 0) is 47.2 Å². The summed E-state index contributed by atoms with van der Waals surface area (Å²) in [6, 6.07) is 34.9. The Hall–Kier alpha value is -4.16. The van der Waals surface area contributed by atoms with Crippen LogP contribution in [0.5, 0.6) is 0 Å². The third-order valence-corrected chi connectivity index (χ3v) is 7.97. The molecule has 4 aromatic rings. The molecule has 0 bridgehead atoms. The molecule has 0 radical (unpaired) electrons. The van der Waals surface area contributed by atoms with E-state index in [9.17, 15) is 10.1 Å². The summed E-state index contributed by atoms with van der Waals surface area (Å²) >= 11 is 0. The van der Waals surface area contributed by atoms with Crippen LogP contribution in [0.4, 0.5) is 17.1 Å². The van der Waals surface area contributed by atoms with E-state index >= 15 is 0 Å². The zero-order valence-electron chi connectivity index (χ0n) is 21.4. The largest absolute Gasteiger partial charge is 0.369 e. The number of nitrogens with zero attached hydrogens (tertiary/aromatic N) is 3. The summed E-state index contributed by atoms with van der Waals surface area (Å²) in [5.74, 6) is 0. The number of hydrogen-bond donors (Lipinski definition) is 1. The van der Waals surface area contributed by atoms with Crippen molar-refractivity contribution in [2.75, 3.05) is 36.4 Å². The Kier molecular flexibility index (Phi) is 6.80. The molecule has 1 N–H and O–H groups in total. The second-order valence-corrected chi connectivity index (χ2v) is 10.2.